The van der Waals surface area contributed by atoms with Gasteiger partial charge in [0.1, 0.15) is 11.5 Å². The van der Waals surface area contributed by atoms with Crippen LogP contribution in [0.4, 0.5) is 15.8 Å². The molecule has 7 heteroatoms. The molecule has 1 atom stereocenters. The first-order valence-electron chi connectivity index (χ1n) is 5.05. The van der Waals surface area contributed by atoms with E-state index in [1.807, 2.05) is 0 Å². The van der Waals surface area contributed by atoms with Crippen molar-refractivity contribution in [3.05, 3.63) is 32.5 Å². The van der Waals surface area contributed by atoms with Gasteiger partial charge in [-0.25, -0.2) is 4.39 Å². The normalized spacial score (nSPS) is 19.7. The van der Waals surface area contributed by atoms with Crippen LogP contribution in [-0.2, 0) is 0 Å². The summed E-state index contributed by atoms with van der Waals surface area (Å²) >= 11 is 3.00. The molecular weight excluding hydrogens is 295 g/mol. The third-order valence-electron chi connectivity index (χ3n) is 2.72. The molecule has 0 aliphatic carbocycles. The number of anilines is 1. The van der Waals surface area contributed by atoms with E-state index in [2.05, 4.69) is 15.9 Å². The van der Waals surface area contributed by atoms with Crippen LogP contribution in [0.3, 0.4) is 0 Å². The van der Waals surface area contributed by atoms with E-state index in [1.54, 1.807) is 4.90 Å². The molecule has 1 aliphatic rings. The molecule has 1 fully saturated rings. The predicted molar refractivity (Wildman–Crippen MR) is 63.6 cm³/mol. The van der Waals surface area contributed by atoms with Crippen molar-refractivity contribution in [1.29, 1.82) is 0 Å². The summed E-state index contributed by atoms with van der Waals surface area (Å²) in [7, 11) is 0. The van der Waals surface area contributed by atoms with Gasteiger partial charge < -0.3 is 10.0 Å². The smallest absolute Gasteiger partial charge is 0.295 e. The number of aliphatic hydroxyl groups is 1. The number of hydrogen-bond acceptors (Lipinski definition) is 4. The second kappa shape index (κ2) is 4.58. The Morgan fingerprint density at radius 2 is 2.29 bits per heavy atom. The van der Waals surface area contributed by atoms with Crippen molar-refractivity contribution in [3.63, 3.8) is 0 Å². The summed E-state index contributed by atoms with van der Waals surface area (Å²) in [5.74, 6) is -0.666. The number of halogens is 2. The van der Waals surface area contributed by atoms with Gasteiger partial charge in [0, 0.05) is 13.1 Å². The molecule has 1 aromatic rings. The number of benzene rings is 1. The molecule has 1 N–H and O–H groups in total. The first-order chi connectivity index (χ1) is 7.99. The van der Waals surface area contributed by atoms with Crippen LogP contribution in [-0.4, -0.2) is 29.2 Å². The molecule has 2 rings (SSSR count). The van der Waals surface area contributed by atoms with Crippen molar-refractivity contribution in [3.8, 4) is 0 Å². The van der Waals surface area contributed by atoms with Gasteiger partial charge in [0.15, 0.2) is 0 Å². The zero-order valence-electron chi connectivity index (χ0n) is 8.77. The third kappa shape index (κ3) is 2.39. The molecule has 0 spiro atoms. The highest BCUT2D eigenvalue weighted by molar-refractivity contribution is 9.10. The van der Waals surface area contributed by atoms with Crippen LogP contribution >= 0.6 is 15.9 Å². The topological polar surface area (TPSA) is 66.6 Å². The van der Waals surface area contributed by atoms with Crippen LogP contribution in [0, 0.1) is 15.9 Å². The van der Waals surface area contributed by atoms with Crippen molar-refractivity contribution < 1.29 is 14.4 Å². The van der Waals surface area contributed by atoms with Gasteiger partial charge in [0.25, 0.3) is 5.69 Å². The monoisotopic (exact) mass is 304 g/mol. The Bertz CT molecular complexity index is 469. The van der Waals surface area contributed by atoms with Gasteiger partial charge in [0.2, 0.25) is 0 Å². The van der Waals surface area contributed by atoms with Crippen molar-refractivity contribution in [2.45, 2.75) is 12.5 Å². The van der Waals surface area contributed by atoms with Crippen LogP contribution in [0.15, 0.2) is 16.6 Å². The van der Waals surface area contributed by atoms with Crippen molar-refractivity contribution in [2.75, 3.05) is 18.0 Å². The zero-order chi connectivity index (χ0) is 12.6. The summed E-state index contributed by atoms with van der Waals surface area (Å²) in [5.41, 5.74) is 0.0552. The summed E-state index contributed by atoms with van der Waals surface area (Å²) in [6.07, 6.45) is 0.0741. The minimum atomic E-state index is -0.666. The number of nitrogens with zero attached hydrogens (tertiary/aromatic N) is 2. The van der Waals surface area contributed by atoms with Gasteiger partial charge in [-0.2, -0.15) is 0 Å². The summed E-state index contributed by atoms with van der Waals surface area (Å²) in [5, 5.41) is 20.3. The highest BCUT2D eigenvalue weighted by Crippen LogP contribution is 2.35. The lowest BCUT2D eigenvalue weighted by Crippen LogP contribution is -2.22. The molecule has 17 heavy (non-hydrogen) atoms. The maximum atomic E-state index is 13.3. The van der Waals surface area contributed by atoms with E-state index in [9.17, 15) is 19.6 Å². The van der Waals surface area contributed by atoms with Gasteiger partial charge >= 0.3 is 0 Å². The van der Waals surface area contributed by atoms with E-state index >= 15 is 0 Å². The van der Waals surface area contributed by atoms with Crippen LogP contribution in [0.5, 0.6) is 0 Å². The Balaban J connectivity index is 2.44. The van der Waals surface area contributed by atoms with Crippen LogP contribution in [0.2, 0.25) is 0 Å². The fourth-order valence-electron chi connectivity index (χ4n) is 1.89. The molecule has 0 radical (unpaired) electrons. The van der Waals surface area contributed by atoms with E-state index in [1.165, 1.54) is 6.07 Å². The quantitative estimate of drug-likeness (QED) is 0.671. The fraction of sp³-hybridized carbons (Fsp3) is 0.400. The molecule has 1 saturated heterocycles. The number of β-amino-alcohol motifs (C(OH)–C–C–N with tert-alkyl or cyclic N) is 1. The molecule has 1 aromatic carbocycles. The minimum Gasteiger partial charge on any atom is -0.391 e. The second-order valence-electron chi connectivity index (χ2n) is 3.90. The lowest BCUT2D eigenvalue weighted by Gasteiger charge is -2.18. The third-order valence-corrected chi connectivity index (χ3v) is 3.33. The van der Waals surface area contributed by atoms with E-state index < -0.39 is 16.8 Å². The van der Waals surface area contributed by atoms with Gasteiger partial charge in [0.05, 0.1) is 21.6 Å². The molecule has 0 saturated carbocycles. The maximum Gasteiger partial charge on any atom is 0.295 e. The van der Waals surface area contributed by atoms with Gasteiger partial charge in [-0.05, 0) is 28.4 Å². The Hall–Kier alpha value is -1.21. The lowest BCUT2D eigenvalue weighted by atomic mass is 10.2. The maximum absolute atomic E-state index is 13.3. The molecular formula is C10H10BrFN2O3. The molecule has 5 nitrogen and oxygen atoms in total. The highest BCUT2D eigenvalue weighted by Gasteiger charge is 2.27. The zero-order valence-corrected chi connectivity index (χ0v) is 10.4. The summed E-state index contributed by atoms with van der Waals surface area (Å²) in [6.45, 7) is 0.860. The standard InChI is InChI=1S/C10H10BrFN2O3/c11-7-3-9(13-2-1-6(15)5-13)10(14(16)17)4-8(7)12/h3-4,6,15H,1-2,5H2/t6-/m1/s1. The van der Waals surface area contributed by atoms with E-state index in [0.717, 1.165) is 6.07 Å². The first-order valence-corrected chi connectivity index (χ1v) is 5.85. The number of nitro benzene ring substituents is 1. The number of nitro groups is 1. The Morgan fingerprint density at radius 3 is 2.82 bits per heavy atom. The molecule has 0 bridgehead atoms. The Morgan fingerprint density at radius 1 is 1.59 bits per heavy atom. The number of rotatable bonds is 2. The molecule has 0 amide bonds. The molecule has 1 aliphatic heterocycles. The van der Waals surface area contributed by atoms with Crippen LogP contribution in [0.1, 0.15) is 6.42 Å². The van der Waals surface area contributed by atoms with Gasteiger partial charge in [-0.1, -0.05) is 0 Å². The van der Waals surface area contributed by atoms with E-state index in [4.69, 9.17) is 0 Å². The van der Waals surface area contributed by atoms with Crippen LogP contribution in [0.25, 0.3) is 0 Å². The lowest BCUT2D eigenvalue weighted by molar-refractivity contribution is -0.384. The second-order valence-corrected chi connectivity index (χ2v) is 4.75. The number of aliphatic hydroxyl groups excluding tert-OH is 1. The first kappa shape index (κ1) is 12.3. The van der Waals surface area contributed by atoms with Crippen molar-refractivity contribution in [1.82, 2.24) is 0 Å². The van der Waals surface area contributed by atoms with Gasteiger partial charge in [-0.3, -0.25) is 10.1 Å². The molecule has 92 valence electrons. The Kier molecular flexibility index (Phi) is 3.30. The van der Waals surface area contributed by atoms with Crippen LogP contribution < -0.4 is 4.90 Å². The van der Waals surface area contributed by atoms with E-state index in [0.29, 0.717) is 25.2 Å². The number of hydrogen-bond donors (Lipinski definition) is 1. The fourth-order valence-corrected chi connectivity index (χ4v) is 2.22. The Labute approximate surface area is 105 Å². The van der Waals surface area contributed by atoms with E-state index in [-0.39, 0.29) is 10.2 Å². The SMILES string of the molecule is O=[N+]([O-])c1cc(F)c(Br)cc1N1CC[C@@H](O)C1. The summed E-state index contributed by atoms with van der Waals surface area (Å²) < 4.78 is 13.4. The highest BCUT2D eigenvalue weighted by atomic mass is 79.9. The predicted octanol–water partition coefficient (Wildman–Crippen LogP) is 2.07. The minimum absolute atomic E-state index is 0.180. The molecule has 0 aromatic heterocycles. The van der Waals surface area contributed by atoms with Crippen molar-refractivity contribution >= 4 is 27.3 Å². The van der Waals surface area contributed by atoms with Crippen molar-refractivity contribution in [2.24, 2.45) is 0 Å². The average Bonchev–Trinajstić information content (AvgIpc) is 2.68. The summed E-state index contributed by atoms with van der Waals surface area (Å²) in [4.78, 5) is 11.9. The molecule has 1 heterocycles. The average molecular weight is 305 g/mol. The largest absolute Gasteiger partial charge is 0.391 e. The van der Waals surface area contributed by atoms with Gasteiger partial charge in [-0.15, -0.1) is 0 Å². The molecule has 0 unspecified atom stereocenters. The summed E-state index contributed by atoms with van der Waals surface area (Å²) in [6, 6.07) is 2.27.